The topological polar surface area (TPSA) is 55.1 Å². The third-order valence-electron chi connectivity index (χ3n) is 5.30. The van der Waals surface area contributed by atoms with Gasteiger partial charge in [0.2, 0.25) is 0 Å². The van der Waals surface area contributed by atoms with E-state index in [4.69, 9.17) is 0 Å². The fourth-order valence-electron chi connectivity index (χ4n) is 3.51. The first-order chi connectivity index (χ1) is 17.1. The normalized spacial score (nSPS) is 10.5. The molecule has 0 amide bonds. The van der Waals surface area contributed by atoms with Gasteiger partial charge in [-0.25, -0.2) is 0 Å². The van der Waals surface area contributed by atoms with E-state index in [1.807, 2.05) is 73.7 Å². The summed E-state index contributed by atoms with van der Waals surface area (Å²) < 4.78 is 2.09. The minimum absolute atomic E-state index is 0. The second-order valence-corrected chi connectivity index (χ2v) is 7.78. The molecule has 0 bridgehead atoms. The molecule has 4 nitrogen and oxygen atoms in total. The van der Waals surface area contributed by atoms with Crippen LogP contribution in [-0.4, -0.2) is 20.4 Å². The molecule has 0 saturated carbocycles. The Hall–Kier alpha value is -4.05. The van der Waals surface area contributed by atoms with Crippen LogP contribution in [0.5, 0.6) is 0 Å². The van der Waals surface area contributed by atoms with E-state index in [1.54, 1.807) is 36.4 Å². The standard InChI is InChI=1S/C16H13N2.C15H12O2.Ir/c1-13-17-16(14-8-4-2-5-9-14)12-18(13)15-10-6-3-7-11-15;16-14(12-7-3-1-4-8-12)11-15(17)13-9-5-2-6-10-13;/h2-8,10-12H,1H3;1-11,16H;/q-1;;/b;14-11-;. The zero-order chi connectivity index (χ0) is 24.5. The Morgan fingerprint density at radius 1 is 0.806 bits per heavy atom. The molecule has 0 aliphatic rings. The fourth-order valence-corrected chi connectivity index (χ4v) is 3.51. The number of aromatic nitrogens is 2. The maximum Gasteiger partial charge on any atom is 0.189 e. The van der Waals surface area contributed by atoms with Crippen molar-refractivity contribution in [2.75, 3.05) is 0 Å². The second-order valence-electron chi connectivity index (χ2n) is 7.78. The van der Waals surface area contributed by atoms with E-state index in [1.165, 1.54) is 6.08 Å². The molecule has 0 unspecified atom stereocenters. The minimum atomic E-state index is -0.202. The first-order valence-corrected chi connectivity index (χ1v) is 11.3. The van der Waals surface area contributed by atoms with Crippen LogP contribution in [0.4, 0.5) is 0 Å². The first kappa shape index (κ1) is 26.6. The van der Waals surface area contributed by atoms with Crippen molar-refractivity contribution in [2.45, 2.75) is 6.92 Å². The van der Waals surface area contributed by atoms with E-state index in [0.29, 0.717) is 11.1 Å². The average Bonchev–Trinajstić information content (AvgIpc) is 3.32. The van der Waals surface area contributed by atoms with Crippen molar-refractivity contribution >= 4 is 11.5 Å². The summed E-state index contributed by atoms with van der Waals surface area (Å²) in [6.45, 7) is 2.01. The number of ketones is 1. The molecule has 5 heteroatoms. The minimum Gasteiger partial charge on any atom is -0.507 e. The Balaban J connectivity index is 0.000000196. The molecule has 5 aromatic rings. The number of nitrogens with zero attached hydrogens (tertiary/aromatic N) is 2. The SMILES string of the molecule is Cc1nc(-c2[c-]cccc2)cn1-c1ccccc1.O=C(/C=C(\O)c1ccccc1)c1ccccc1.[Ir]. The molecule has 5 rings (SSSR count). The van der Waals surface area contributed by atoms with Crippen LogP contribution >= 0.6 is 0 Å². The van der Waals surface area contributed by atoms with Gasteiger partial charge in [-0.2, -0.15) is 0 Å². The summed E-state index contributed by atoms with van der Waals surface area (Å²) in [7, 11) is 0. The monoisotopic (exact) mass is 650 g/mol. The molecule has 0 aliphatic heterocycles. The van der Waals surface area contributed by atoms with E-state index >= 15 is 0 Å². The number of para-hydroxylation sites is 1. The van der Waals surface area contributed by atoms with E-state index in [9.17, 15) is 9.90 Å². The van der Waals surface area contributed by atoms with Crippen LogP contribution < -0.4 is 0 Å². The van der Waals surface area contributed by atoms with Gasteiger partial charge in [-0.3, -0.25) is 9.78 Å². The Labute approximate surface area is 225 Å². The Bertz CT molecular complexity index is 1400. The molecule has 1 heterocycles. The van der Waals surface area contributed by atoms with Crippen molar-refractivity contribution in [3.05, 3.63) is 151 Å². The number of aryl methyl sites for hydroxylation is 1. The molecule has 0 aliphatic carbocycles. The van der Waals surface area contributed by atoms with Gasteiger partial charge >= 0.3 is 0 Å². The zero-order valence-electron chi connectivity index (χ0n) is 19.7. The third-order valence-corrected chi connectivity index (χ3v) is 5.30. The van der Waals surface area contributed by atoms with Gasteiger partial charge in [0.25, 0.3) is 0 Å². The molecule has 0 fully saturated rings. The van der Waals surface area contributed by atoms with Crippen molar-refractivity contribution in [2.24, 2.45) is 0 Å². The van der Waals surface area contributed by atoms with Crippen LogP contribution in [0.25, 0.3) is 22.7 Å². The van der Waals surface area contributed by atoms with Gasteiger partial charge in [-0.05, 0) is 25.3 Å². The second kappa shape index (κ2) is 13.1. The Kier molecular flexibility index (Phi) is 9.70. The molecule has 4 aromatic carbocycles. The molecule has 0 saturated heterocycles. The summed E-state index contributed by atoms with van der Waals surface area (Å²) in [5, 5.41) is 9.79. The van der Waals surface area contributed by atoms with Gasteiger partial charge in [0.1, 0.15) is 5.76 Å². The number of carbonyl (C=O) groups is 1. The summed E-state index contributed by atoms with van der Waals surface area (Å²) in [6, 6.07) is 39.2. The van der Waals surface area contributed by atoms with E-state index in [-0.39, 0.29) is 31.6 Å². The van der Waals surface area contributed by atoms with Gasteiger partial charge in [-0.15, -0.1) is 35.9 Å². The molecular formula is C31H25IrN2O2-. The van der Waals surface area contributed by atoms with E-state index in [2.05, 4.69) is 33.9 Å². The average molecular weight is 650 g/mol. The number of hydrogen-bond acceptors (Lipinski definition) is 3. The maximum absolute atomic E-state index is 11.8. The van der Waals surface area contributed by atoms with Crippen LogP contribution in [0.1, 0.15) is 21.7 Å². The van der Waals surface area contributed by atoms with Crippen molar-refractivity contribution < 1.29 is 30.0 Å². The number of rotatable bonds is 5. The first-order valence-electron chi connectivity index (χ1n) is 11.3. The summed E-state index contributed by atoms with van der Waals surface area (Å²) in [5.74, 6) is 0.764. The summed E-state index contributed by atoms with van der Waals surface area (Å²) in [6.07, 6.45) is 3.29. The van der Waals surface area contributed by atoms with Crippen LogP contribution in [0.3, 0.4) is 0 Å². The third kappa shape index (κ3) is 6.98. The predicted molar refractivity (Wildman–Crippen MR) is 140 cm³/mol. The quantitative estimate of drug-likeness (QED) is 0.0956. The van der Waals surface area contributed by atoms with Crippen molar-refractivity contribution in [1.82, 2.24) is 9.55 Å². The number of benzene rings is 4. The molecule has 1 radical (unpaired) electrons. The van der Waals surface area contributed by atoms with Crippen molar-refractivity contribution in [1.29, 1.82) is 0 Å². The smallest absolute Gasteiger partial charge is 0.189 e. The molecule has 1 N–H and O–H groups in total. The zero-order valence-corrected chi connectivity index (χ0v) is 22.1. The number of allylic oxidation sites excluding steroid dienone is 1. The van der Waals surface area contributed by atoms with Gasteiger partial charge in [0, 0.05) is 48.7 Å². The maximum atomic E-state index is 11.8. The predicted octanol–water partition coefficient (Wildman–Crippen LogP) is 7.11. The molecule has 36 heavy (non-hydrogen) atoms. The van der Waals surface area contributed by atoms with E-state index < -0.39 is 0 Å². The number of carbonyl (C=O) groups excluding carboxylic acids is 1. The Morgan fingerprint density at radius 2 is 1.36 bits per heavy atom. The van der Waals surface area contributed by atoms with Crippen LogP contribution in [0.2, 0.25) is 0 Å². The summed E-state index contributed by atoms with van der Waals surface area (Å²) in [5.41, 5.74) is 4.31. The van der Waals surface area contributed by atoms with Crippen LogP contribution in [0, 0.1) is 13.0 Å². The molecule has 0 spiro atoms. The summed E-state index contributed by atoms with van der Waals surface area (Å²) in [4.78, 5) is 16.4. The molecule has 0 atom stereocenters. The van der Waals surface area contributed by atoms with Crippen LogP contribution in [0.15, 0.2) is 128 Å². The Morgan fingerprint density at radius 3 is 1.94 bits per heavy atom. The number of imidazole rings is 1. The number of hydrogen-bond donors (Lipinski definition) is 1. The van der Waals surface area contributed by atoms with Gasteiger partial charge in [-0.1, -0.05) is 78.9 Å². The summed E-state index contributed by atoms with van der Waals surface area (Å²) >= 11 is 0. The van der Waals surface area contributed by atoms with E-state index in [0.717, 1.165) is 22.8 Å². The fraction of sp³-hybridized carbons (Fsp3) is 0.0323. The molecule has 1 aromatic heterocycles. The number of aliphatic hydroxyl groups is 1. The van der Waals surface area contributed by atoms with Gasteiger partial charge in [0.05, 0.1) is 5.82 Å². The van der Waals surface area contributed by atoms with Crippen LogP contribution in [-0.2, 0) is 20.1 Å². The van der Waals surface area contributed by atoms with Gasteiger partial charge in [0.15, 0.2) is 5.78 Å². The molecule has 181 valence electrons. The molecular weight excluding hydrogens is 625 g/mol. The van der Waals surface area contributed by atoms with Gasteiger partial charge < -0.3 is 9.67 Å². The van der Waals surface area contributed by atoms with Crippen molar-refractivity contribution in [3.8, 4) is 16.9 Å². The largest absolute Gasteiger partial charge is 0.507 e. The number of aliphatic hydroxyl groups excluding tert-OH is 1. The van der Waals surface area contributed by atoms with Crippen molar-refractivity contribution in [3.63, 3.8) is 0 Å².